The summed E-state index contributed by atoms with van der Waals surface area (Å²) >= 11 is 1.71. The van der Waals surface area contributed by atoms with Crippen molar-refractivity contribution in [2.75, 3.05) is 19.6 Å². The molecule has 1 aromatic heterocycles. The number of hydrogen-bond acceptors (Lipinski definition) is 3. The molecule has 1 rings (SSSR count). The second kappa shape index (κ2) is 9.55. The zero-order chi connectivity index (χ0) is 12.7. The molecule has 6 heteroatoms. The number of rotatable bonds is 5. The van der Waals surface area contributed by atoms with E-state index in [-0.39, 0.29) is 24.0 Å². The molecule has 1 atom stereocenters. The van der Waals surface area contributed by atoms with E-state index >= 15 is 0 Å². The van der Waals surface area contributed by atoms with E-state index in [0.29, 0.717) is 5.92 Å². The molecule has 0 saturated heterocycles. The summed E-state index contributed by atoms with van der Waals surface area (Å²) in [6, 6.07) is 0. The van der Waals surface area contributed by atoms with Crippen molar-refractivity contribution < 1.29 is 0 Å². The van der Waals surface area contributed by atoms with Crippen molar-refractivity contribution in [1.29, 1.82) is 0 Å². The molecule has 18 heavy (non-hydrogen) atoms. The number of guanidine groups is 1. The van der Waals surface area contributed by atoms with Gasteiger partial charge in [0, 0.05) is 30.1 Å². The number of hydrogen-bond donors (Lipinski definition) is 2. The van der Waals surface area contributed by atoms with Crippen molar-refractivity contribution >= 4 is 41.3 Å². The average molecular weight is 382 g/mol. The predicted molar refractivity (Wildman–Crippen MR) is 90.3 cm³/mol. The summed E-state index contributed by atoms with van der Waals surface area (Å²) in [5.74, 6) is 1.26. The minimum atomic E-state index is 0. The van der Waals surface area contributed by atoms with Gasteiger partial charge in [0.1, 0.15) is 0 Å². The number of aryl methyl sites for hydroxylation is 1. The lowest BCUT2D eigenvalue weighted by molar-refractivity contribution is 0.745. The predicted octanol–water partition coefficient (Wildman–Crippen LogP) is 2.75. The fourth-order valence-electron chi connectivity index (χ4n) is 1.41. The second-order valence-electron chi connectivity index (χ2n) is 3.98. The van der Waals surface area contributed by atoms with Crippen molar-refractivity contribution in [3.63, 3.8) is 0 Å². The molecular weight excluding hydrogens is 359 g/mol. The molecule has 0 aliphatic rings. The van der Waals surface area contributed by atoms with E-state index in [0.717, 1.165) is 31.3 Å². The quantitative estimate of drug-likeness (QED) is 0.468. The summed E-state index contributed by atoms with van der Waals surface area (Å²) in [5.41, 5.74) is 1.10. The molecule has 0 radical (unpaired) electrons. The van der Waals surface area contributed by atoms with Crippen LogP contribution in [0.3, 0.4) is 0 Å². The topological polar surface area (TPSA) is 49.3 Å². The van der Waals surface area contributed by atoms with Crippen LogP contribution in [0, 0.1) is 6.92 Å². The van der Waals surface area contributed by atoms with Gasteiger partial charge >= 0.3 is 0 Å². The highest BCUT2D eigenvalue weighted by molar-refractivity contribution is 14.0. The monoisotopic (exact) mass is 382 g/mol. The molecule has 0 bridgehead atoms. The first kappa shape index (κ1) is 17.6. The van der Waals surface area contributed by atoms with Crippen LogP contribution in [0.5, 0.6) is 0 Å². The summed E-state index contributed by atoms with van der Waals surface area (Å²) in [6.45, 7) is 10.9. The van der Waals surface area contributed by atoms with Gasteiger partial charge in [0.2, 0.25) is 0 Å². The molecule has 1 heterocycles. The molecule has 104 valence electrons. The van der Waals surface area contributed by atoms with Gasteiger partial charge in [-0.1, -0.05) is 6.92 Å². The fourth-order valence-corrected chi connectivity index (χ4v) is 2.26. The Hall–Kier alpha value is -0.370. The van der Waals surface area contributed by atoms with Crippen molar-refractivity contribution in [2.45, 2.75) is 33.6 Å². The Morgan fingerprint density at radius 1 is 1.39 bits per heavy atom. The first-order valence-electron chi connectivity index (χ1n) is 6.11. The van der Waals surface area contributed by atoms with Crippen LogP contribution in [0.2, 0.25) is 0 Å². The minimum absolute atomic E-state index is 0. The summed E-state index contributed by atoms with van der Waals surface area (Å²) in [4.78, 5) is 9.04. The van der Waals surface area contributed by atoms with E-state index in [1.807, 2.05) is 6.92 Å². The van der Waals surface area contributed by atoms with E-state index < -0.39 is 0 Å². The van der Waals surface area contributed by atoms with Crippen molar-refractivity contribution in [1.82, 2.24) is 15.6 Å². The van der Waals surface area contributed by atoms with E-state index in [2.05, 4.69) is 46.8 Å². The van der Waals surface area contributed by atoms with Crippen LogP contribution in [0.1, 0.15) is 37.4 Å². The Balaban J connectivity index is 0.00000289. The van der Waals surface area contributed by atoms with Crippen LogP contribution in [-0.4, -0.2) is 30.6 Å². The summed E-state index contributed by atoms with van der Waals surface area (Å²) in [5, 5.41) is 9.69. The smallest absolute Gasteiger partial charge is 0.191 e. The number of nitrogens with one attached hydrogen (secondary N) is 2. The Morgan fingerprint density at radius 3 is 2.44 bits per heavy atom. The van der Waals surface area contributed by atoms with Crippen LogP contribution in [0.4, 0.5) is 0 Å². The summed E-state index contributed by atoms with van der Waals surface area (Å²) < 4.78 is 0. The van der Waals surface area contributed by atoms with Gasteiger partial charge in [-0.05, 0) is 20.8 Å². The SMILES string of the molecule is CCNC(=NCC(C)c1nc(C)cs1)NCC.I. The maximum absolute atomic E-state index is 4.55. The van der Waals surface area contributed by atoms with E-state index in [1.165, 1.54) is 5.01 Å². The van der Waals surface area contributed by atoms with Crippen LogP contribution in [0.15, 0.2) is 10.4 Å². The molecule has 0 aliphatic heterocycles. The van der Waals surface area contributed by atoms with E-state index in [4.69, 9.17) is 0 Å². The third-order valence-electron chi connectivity index (χ3n) is 2.27. The average Bonchev–Trinajstić information content (AvgIpc) is 2.73. The van der Waals surface area contributed by atoms with Crippen LogP contribution in [0.25, 0.3) is 0 Å². The Bertz CT molecular complexity index is 357. The molecule has 0 fully saturated rings. The number of aliphatic imine (C=N–C) groups is 1. The highest BCUT2D eigenvalue weighted by Gasteiger charge is 2.09. The Morgan fingerprint density at radius 2 is 2.00 bits per heavy atom. The molecule has 0 amide bonds. The van der Waals surface area contributed by atoms with E-state index in [9.17, 15) is 0 Å². The maximum Gasteiger partial charge on any atom is 0.191 e. The number of aromatic nitrogens is 1. The lowest BCUT2D eigenvalue weighted by Crippen LogP contribution is -2.37. The zero-order valence-electron chi connectivity index (χ0n) is 11.5. The minimum Gasteiger partial charge on any atom is -0.357 e. The first-order valence-corrected chi connectivity index (χ1v) is 6.99. The standard InChI is InChI=1S/C12H22N4S.HI/c1-5-13-12(14-6-2)15-7-9(3)11-16-10(4)8-17-11;/h8-9H,5-7H2,1-4H3,(H2,13,14,15);1H. The van der Waals surface area contributed by atoms with Crippen LogP contribution in [-0.2, 0) is 0 Å². The van der Waals surface area contributed by atoms with Gasteiger partial charge in [0.25, 0.3) is 0 Å². The molecule has 0 aromatic carbocycles. The molecule has 2 N–H and O–H groups in total. The van der Waals surface area contributed by atoms with Crippen molar-refractivity contribution in [3.05, 3.63) is 16.1 Å². The number of nitrogens with zero attached hydrogens (tertiary/aromatic N) is 2. The van der Waals surface area contributed by atoms with Gasteiger partial charge < -0.3 is 10.6 Å². The highest BCUT2D eigenvalue weighted by atomic mass is 127. The van der Waals surface area contributed by atoms with Crippen LogP contribution < -0.4 is 10.6 Å². The molecular formula is C12H23IN4S. The molecule has 1 unspecified atom stereocenters. The second-order valence-corrected chi connectivity index (χ2v) is 4.87. The Labute approximate surface area is 131 Å². The number of halogens is 1. The first-order chi connectivity index (χ1) is 8.17. The number of thiazole rings is 1. The van der Waals surface area contributed by atoms with Gasteiger partial charge in [0.05, 0.1) is 11.6 Å². The molecule has 4 nitrogen and oxygen atoms in total. The molecule has 0 saturated carbocycles. The third-order valence-corrected chi connectivity index (χ3v) is 3.46. The highest BCUT2D eigenvalue weighted by Crippen LogP contribution is 2.19. The lowest BCUT2D eigenvalue weighted by Gasteiger charge is -2.10. The van der Waals surface area contributed by atoms with Crippen molar-refractivity contribution in [3.8, 4) is 0 Å². The third kappa shape index (κ3) is 5.99. The van der Waals surface area contributed by atoms with Gasteiger partial charge in [-0.15, -0.1) is 35.3 Å². The normalized spacial score (nSPS) is 11.3. The van der Waals surface area contributed by atoms with Gasteiger partial charge in [-0.25, -0.2) is 4.98 Å². The Kier molecular flexibility index (Phi) is 9.35. The molecule has 1 aromatic rings. The fraction of sp³-hybridized carbons (Fsp3) is 0.667. The van der Waals surface area contributed by atoms with Crippen LogP contribution >= 0.6 is 35.3 Å². The summed E-state index contributed by atoms with van der Waals surface area (Å²) in [7, 11) is 0. The van der Waals surface area contributed by atoms with Gasteiger partial charge in [0.15, 0.2) is 5.96 Å². The van der Waals surface area contributed by atoms with Gasteiger partial charge in [-0.2, -0.15) is 0 Å². The zero-order valence-corrected chi connectivity index (χ0v) is 14.6. The largest absolute Gasteiger partial charge is 0.357 e. The van der Waals surface area contributed by atoms with Crippen molar-refractivity contribution in [2.24, 2.45) is 4.99 Å². The summed E-state index contributed by atoms with van der Waals surface area (Å²) in [6.07, 6.45) is 0. The lowest BCUT2D eigenvalue weighted by atomic mass is 10.2. The van der Waals surface area contributed by atoms with Gasteiger partial charge in [-0.3, -0.25) is 4.99 Å². The molecule has 0 aliphatic carbocycles. The molecule has 0 spiro atoms. The van der Waals surface area contributed by atoms with E-state index in [1.54, 1.807) is 11.3 Å². The maximum atomic E-state index is 4.55.